The molecule has 1 aliphatic heterocycles. The highest BCUT2D eigenvalue weighted by molar-refractivity contribution is 4.89. The molecular formula is C26H50O5. The van der Waals surface area contributed by atoms with Gasteiger partial charge in [-0.15, -0.1) is 0 Å². The molecule has 31 heavy (non-hydrogen) atoms. The highest BCUT2D eigenvalue weighted by Gasteiger charge is 2.40. The summed E-state index contributed by atoms with van der Waals surface area (Å²) in [6, 6.07) is 0. The summed E-state index contributed by atoms with van der Waals surface area (Å²) >= 11 is 0. The first-order valence-corrected chi connectivity index (χ1v) is 13.0. The molecule has 1 rings (SSSR count). The van der Waals surface area contributed by atoms with Crippen molar-refractivity contribution in [2.45, 2.75) is 134 Å². The molecule has 0 aromatic rings. The Balaban J connectivity index is 1.80. The van der Waals surface area contributed by atoms with Crippen LogP contribution in [0.25, 0.3) is 0 Å². The molecule has 0 bridgehead atoms. The second kappa shape index (κ2) is 20.2. The van der Waals surface area contributed by atoms with Crippen molar-refractivity contribution in [2.75, 3.05) is 19.8 Å². The van der Waals surface area contributed by atoms with Crippen molar-refractivity contribution >= 4 is 0 Å². The standard InChI is InChI=1S/C26H50O5/c1-2-3-4-5-6-7-8-9-10-11-12-13-14-15-16-17-18-19-20-30-26-24(29)22-31-25(26)23(28)21-27/h2-3,23-29H,4-22H2,1H3/b3-2+/t23-,24+,25-,26-/m0/s1. The molecule has 5 heteroatoms. The van der Waals surface area contributed by atoms with Gasteiger partial charge in [-0.1, -0.05) is 95.6 Å². The Morgan fingerprint density at radius 3 is 1.81 bits per heavy atom. The lowest BCUT2D eigenvalue weighted by Crippen LogP contribution is -2.42. The van der Waals surface area contributed by atoms with E-state index in [1.807, 2.05) is 0 Å². The number of aliphatic hydroxyl groups excluding tert-OH is 3. The molecule has 0 aromatic heterocycles. The molecule has 0 amide bonds. The minimum Gasteiger partial charge on any atom is -0.394 e. The molecule has 1 aliphatic rings. The lowest BCUT2D eigenvalue weighted by molar-refractivity contribution is -0.0938. The van der Waals surface area contributed by atoms with E-state index in [9.17, 15) is 10.2 Å². The molecule has 184 valence electrons. The molecular weight excluding hydrogens is 392 g/mol. The molecule has 0 aliphatic carbocycles. The maximum atomic E-state index is 9.91. The van der Waals surface area contributed by atoms with E-state index in [1.54, 1.807) is 0 Å². The van der Waals surface area contributed by atoms with Crippen LogP contribution in [0.2, 0.25) is 0 Å². The Morgan fingerprint density at radius 1 is 0.839 bits per heavy atom. The minimum absolute atomic E-state index is 0.156. The Morgan fingerprint density at radius 2 is 1.32 bits per heavy atom. The van der Waals surface area contributed by atoms with E-state index in [2.05, 4.69) is 19.1 Å². The summed E-state index contributed by atoms with van der Waals surface area (Å²) in [6.45, 7) is 2.44. The first kappa shape index (κ1) is 28.6. The van der Waals surface area contributed by atoms with E-state index in [4.69, 9.17) is 14.6 Å². The van der Waals surface area contributed by atoms with Gasteiger partial charge in [0.25, 0.3) is 0 Å². The SMILES string of the molecule is C/C=C/CCCCCCCCCCCCCCCCCO[C@@H]1[C@H]([C@@H](O)CO)OC[C@H]1O. The van der Waals surface area contributed by atoms with Gasteiger partial charge in [-0.05, 0) is 26.2 Å². The molecule has 3 N–H and O–H groups in total. The van der Waals surface area contributed by atoms with E-state index < -0.39 is 24.4 Å². The number of unbranched alkanes of at least 4 members (excludes halogenated alkanes) is 15. The van der Waals surface area contributed by atoms with Crippen LogP contribution in [0.1, 0.15) is 110 Å². The molecule has 4 atom stereocenters. The van der Waals surface area contributed by atoms with Crippen LogP contribution < -0.4 is 0 Å². The summed E-state index contributed by atoms with van der Waals surface area (Å²) in [4.78, 5) is 0. The van der Waals surface area contributed by atoms with Crippen LogP contribution in [0.3, 0.4) is 0 Å². The first-order valence-electron chi connectivity index (χ1n) is 13.0. The fourth-order valence-corrected chi connectivity index (χ4v) is 4.31. The molecule has 1 heterocycles. The Bertz CT molecular complexity index is 415. The monoisotopic (exact) mass is 442 g/mol. The molecule has 1 fully saturated rings. The smallest absolute Gasteiger partial charge is 0.114 e. The summed E-state index contributed by atoms with van der Waals surface area (Å²) < 4.78 is 11.1. The van der Waals surface area contributed by atoms with Gasteiger partial charge in [0, 0.05) is 6.61 Å². The summed E-state index contributed by atoms with van der Waals surface area (Å²) in [5.74, 6) is 0. The quantitative estimate of drug-likeness (QED) is 0.166. The molecule has 5 nitrogen and oxygen atoms in total. The van der Waals surface area contributed by atoms with Gasteiger partial charge in [0.1, 0.15) is 24.4 Å². The van der Waals surface area contributed by atoms with Crippen LogP contribution in [0.4, 0.5) is 0 Å². The van der Waals surface area contributed by atoms with Crippen molar-refractivity contribution in [1.29, 1.82) is 0 Å². The zero-order valence-corrected chi connectivity index (χ0v) is 20.1. The largest absolute Gasteiger partial charge is 0.394 e. The predicted molar refractivity (Wildman–Crippen MR) is 127 cm³/mol. The fraction of sp³-hybridized carbons (Fsp3) is 0.923. The first-order chi connectivity index (χ1) is 15.2. The molecule has 1 saturated heterocycles. The number of hydrogen-bond donors (Lipinski definition) is 3. The molecule has 0 aromatic carbocycles. The molecule has 0 unspecified atom stereocenters. The average Bonchev–Trinajstić information content (AvgIpc) is 3.15. The van der Waals surface area contributed by atoms with Crippen LogP contribution in [0, 0.1) is 0 Å². The topological polar surface area (TPSA) is 79.2 Å². The van der Waals surface area contributed by atoms with Crippen LogP contribution in [-0.4, -0.2) is 59.6 Å². The van der Waals surface area contributed by atoms with E-state index in [-0.39, 0.29) is 13.2 Å². The number of ether oxygens (including phenoxy) is 2. The van der Waals surface area contributed by atoms with Crippen LogP contribution in [0.5, 0.6) is 0 Å². The number of hydrogen-bond acceptors (Lipinski definition) is 5. The van der Waals surface area contributed by atoms with Gasteiger partial charge in [0.05, 0.1) is 13.2 Å². The predicted octanol–water partition coefficient (Wildman–Crippen LogP) is 5.30. The van der Waals surface area contributed by atoms with Crippen molar-refractivity contribution in [1.82, 2.24) is 0 Å². The van der Waals surface area contributed by atoms with Crippen molar-refractivity contribution in [3.8, 4) is 0 Å². The number of allylic oxidation sites excluding steroid dienone is 2. The Kier molecular flexibility index (Phi) is 18.6. The summed E-state index contributed by atoms with van der Waals surface area (Å²) in [7, 11) is 0. The maximum absolute atomic E-state index is 9.91. The van der Waals surface area contributed by atoms with Crippen LogP contribution in [0.15, 0.2) is 12.2 Å². The van der Waals surface area contributed by atoms with Gasteiger partial charge in [-0.2, -0.15) is 0 Å². The van der Waals surface area contributed by atoms with Gasteiger partial charge in [0.15, 0.2) is 0 Å². The lowest BCUT2D eigenvalue weighted by atomic mass is 10.0. The van der Waals surface area contributed by atoms with E-state index in [0.717, 1.165) is 12.8 Å². The molecule has 0 spiro atoms. The second-order valence-electron chi connectivity index (χ2n) is 9.11. The highest BCUT2D eigenvalue weighted by atomic mass is 16.6. The van der Waals surface area contributed by atoms with E-state index in [1.165, 1.54) is 89.9 Å². The molecule has 0 radical (unpaired) electrons. The van der Waals surface area contributed by atoms with Crippen molar-refractivity contribution in [3.05, 3.63) is 12.2 Å². The van der Waals surface area contributed by atoms with Crippen LogP contribution >= 0.6 is 0 Å². The van der Waals surface area contributed by atoms with Gasteiger partial charge in [-0.25, -0.2) is 0 Å². The van der Waals surface area contributed by atoms with Gasteiger partial charge >= 0.3 is 0 Å². The van der Waals surface area contributed by atoms with E-state index >= 15 is 0 Å². The average molecular weight is 443 g/mol. The Labute approximate surface area is 191 Å². The highest BCUT2D eigenvalue weighted by Crippen LogP contribution is 2.21. The minimum atomic E-state index is -1.000. The lowest BCUT2D eigenvalue weighted by Gasteiger charge is -2.23. The zero-order valence-electron chi connectivity index (χ0n) is 20.1. The van der Waals surface area contributed by atoms with Crippen LogP contribution in [-0.2, 0) is 9.47 Å². The third-order valence-corrected chi connectivity index (χ3v) is 6.29. The number of rotatable bonds is 21. The summed E-state index contributed by atoms with van der Waals surface area (Å²) in [5.41, 5.74) is 0. The summed E-state index contributed by atoms with van der Waals surface area (Å²) in [5, 5.41) is 28.7. The number of aliphatic hydroxyl groups is 3. The van der Waals surface area contributed by atoms with Crippen molar-refractivity contribution in [2.24, 2.45) is 0 Å². The molecule has 0 saturated carbocycles. The maximum Gasteiger partial charge on any atom is 0.114 e. The van der Waals surface area contributed by atoms with Gasteiger partial charge in [0.2, 0.25) is 0 Å². The van der Waals surface area contributed by atoms with Crippen molar-refractivity contribution in [3.63, 3.8) is 0 Å². The van der Waals surface area contributed by atoms with E-state index in [0.29, 0.717) is 6.61 Å². The third-order valence-electron chi connectivity index (χ3n) is 6.29. The summed E-state index contributed by atoms with van der Waals surface area (Å²) in [6.07, 6.45) is 22.6. The Hall–Kier alpha value is -0.460. The van der Waals surface area contributed by atoms with Gasteiger partial charge < -0.3 is 24.8 Å². The third kappa shape index (κ3) is 14.3. The fourth-order valence-electron chi connectivity index (χ4n) is 4.31. The normalized spacial score (nSPS) is 22.5. The zero-order chi connectivity index (χ0) is 22.6. The van der Waals surface area contributed by atoms with Gasteiger partial charge in [-0.3, -0.25) is 0 Å². The van der Waals surface area contributed by atoms with Crippen molar-refractivity contribution < 1.29 is 24.8 Å². The second-order valence-corrected chi connectivity index (χ2v) is 9.11.